The standard InChI is InChI=1S/C15H20N2O/c1-17(2)10-4-7-14-13(8-10)12-6-5-11(18-3)9-15(12)16-14/h5-6,9-10,16H,4,7-8H2,1-3H3/t10-/m0/s1. The summed E-state index contributed by atoms with van der Waals surface area (Å²) < 4.78 is 5.29. The van der Waals surface area contributed by atoms with E-state index in [1.807, 2.05) is 0 Å². The average Bonchev–Trinajstić information content (AvgIpc) is 2.74. The van der Waals surface area contributed by atoms with Gasteiger partial charge in [0, 0.05) is 28.7 Å². The molecule has 0 fully saturated rings. The van der Waals surface area contributed by atoms with Crippen molar-refractivity contribution in [1.82, 2.24) is 9.88 Å². The number of H-pyrrole nitrogens is 1. The van der Waals surface area contributed by atoms with Crippen LogP contribution in [0.2, 0.25) is 0 Å². The number of nitrogens with zero attached hydrogens (tertiary/aromatic N) is 1. The lowest BCUT2D eigenvalue weighted by Gasteiger charge is -2.28. The number of hydrogen-bond donors (Lipinski definition) is 1. The van der Waals surface area contributed by atoms with E-state index in [2.05, 4.69) is 42.2 Å². The van der Waals surface area contributed by atoms with E-state index in [0.29, 0.717) is 6.04 Å². The van der Waals surface area contributed by atoms with Crippen molar-refractivity contribution in [2.45, 2.75) is 25.3 Å². The van der Waals surface area contributed by atoms with Gasteiger partial charge in [0.25, 0.3) is 0 Å². The van der Waals surface area contributed by atoms with Crippen molar-refractivity contribution < 1.29 is 4.74 Å². The summed E-state index contributed by atoms with van der Waals surface area (Å²) in [5, 5.41) is 1.36. The normalized spacial score (nSPS) is 19.2. The minimum atomic E-state index is 0.665. The number of aromatic nitrogens is 1. The number of benzene rings is 1. The van der Waals surface area contributed by atoms with Crippen LogP contribution in [0.3, 0.4) is 0 Å². The van der Waals surface area contributed by atoms with Gasteiger partial charge in [-0.3, -0.25) is 0 Å². The van der Waals surface area contributed by atoms with Gasteiger partial charge in [0.2, 0.25) is 0 Å². The lowest BCUT2D eigenvalue weighted by atomic mass is 9.91. The van der Waals surface area contributed by atoms with Crippen LogP contribution in [0.15, 0.2) is 18.2 Å². The van der Waals surface area contributed by atoms with E-state index in [-0.39, 0.29) is 0 Å². The van der Waals surface area contributed by atoms with Gasteiger partial charge in [0.1, 0.15) is 5.75 Å². The number of aromatic amines is 1. The summed E-state index contributed by atoms with van der Waals surface area (Å²) in [7, 11) is 6.06. The van der Waals surface area contributed by atoms with Crippen molar-refractivity contribution >= 4 is 10.9 Å². The number of methoxy groups -OCH3 is 1. The van der Waals surface area contributed by atoms with E-state index in [9.17, 15) is 0 Å². The molecule has 2 aromatic rings. The monoisotopic (exact) mass is 244 g/mol. The summed E-state index contributed by atoms with van der Waals surface area (Å²) >= 11 is 0. The summed E-state index contributed by atoms with van der Waals surface area (Å²) in [4.78, 5) is 5.89. The summed E-state index contributed by atoms with van der Waals surface area (Å²) in [5.41, 5.74) is 4.12. The number of hydrogen-bond acceptors (Lipinski definition) is 2. The molecule has 18 heavy (non-hydrogen) atoms. The molecule has 0 aliphatic heterocycles. The Morgan fingerprint density at radius 3 is 2.89 bits per heavy atom. The first-order valence-electron chi connectivity index (χ1n) is 6.53. The SMILES string of the molecule is COc1ccc2c3c([nH]c2c1)CC[C@H](N(C)C)C3. The molecule has 1 heterocycles. The Morgan fingerprint density at radius 1 is 1.33 bits per heavy atom. The molecule has 0 saturated heterocycles. The van der Waals surface area contributed by atoms with Crippen LogP contribution in [0.4, 0.5) is 0 Å². The first-order chi connectivity index (χ1) is 8.69. The third-order valence-electron chi connectivity index (χ3n) is 4.10. The highest BCUT2D eigenvalue weighted by Crippen LogP contribution is 2.32. The van der Waals surface area contributed by atoms with Gasteiger partial charge in [-0.15, -0.1) is 0 Å². The van der Waals surface area contributed by atoms with Crippen LogP contribution >= 0.6 is 0 Å². The first-order valence-corrected chi connectivity index (χ1v) is 6.53. The van der Waals surface area contributed by atoms with Crippen molar-refractivity contribution in [3.63, 3.8) is 0 Å². The molecule has 3 rings (SSSR count). The maximum absolute atomic E-state index is 5.29. The van der Waals surface area contributed by atoms with Crippen LogP contribution in [0.1, 0.15) is 17.7 Å². The second-order valence-corrected chi connectivity index (χ2v) is 5.35. The molecule has 0 unspecified atom stereocenters. The summed E-state index contributed by atoms with van der Waals surface area (Å²) in [6, 6.07) is 6.99. The Labute approximate surface area is 108 Å². The molecular formula is C15H20N2O. The van der Waals surface area contributed by atoms with Gasteiger partial charge in [-0.05, 0) is 51.1 Å². The summed E-state index contributed by atoms with van der Waals surface area (Å²) in [6.45, 7) is 0. The number of aryl methyl sites for hydroxylation is 1. The van der Waals surface area contributed by atoms with Crippen LogP contribution in [0, 0.1) is 0 Å². The minimum Gasteiger partial charge on any atom is -0.497 e. The van der Waals surface area contributed by atoms with Gasteiger partial charge in [-0.25, -0.2) is 0 Å². The molecular weight excluding hydrogens is 224 g/mol. The molecule has 1 aliphatic rings. The molecule has 3 nitrogen and oxygen atoms in total. The zero-order valence-corrected chi connectivity index (χ0v) is 11.3. The van der Waals surface area contributed by atoms with E-state index in [0.717, 1.165) is 18.6 Å². The highest BCUT2D eigenvalue weighted by Gasteiger charge is 2.23. The van der Waals surface area contributed by atoms with Gasteiger partial charge in [0.15, 0.2) is 0 Å². The topological polar surface area (TPSA) is 28.3 Å². The van der Waals surface area contributed by atoms with E-state index in [1.54, 1.807) is 7.11 Å². The second kappa shape index (κ2) is 4.32. The van der Waals surface area contributed by atoms with E-state index in [1.165, 1.54) is 28.6 Å². The van der Waals surface area contributed by atoms with Gasteiger partial charge in [-0.2, -0.15) is 0 Å². The maximum atomic E-state index is 5.29. The molecule has 0 radical (unpaired) electrons. The molecule has 1 atom stereocenters. The fraction of sp³-hybridized carbons (Fsp3) is 0.467. The largest absolute Gasteiger partial charge is 0.497 e. The number of likely N-dealkylation sites (N-methyl/N-ethyl adjacent to an activating group) is 1. The highest BCUT2D eigenvalue weighted by atomic mass is 16.5. The molecule has 1 aromatic heterocycles. The van der Waals surface area contributed by atoms with Crippen LogP contribution < -0.4 is 4.74 Å². The summed E-state index contributed by atoms with van der Waals surface area (Å²) in [6.07, 6.45) is 3.54. The molecule has 0 saturated carbocycles. The first kappa shape index (κ1) is 11.6. The summed E-state index contributed by atoms with van der Waals surface area (Å²) in [5.74, 6) is 0.922. The Balaban J connectivity index is 2.05. The molecule has 0 spiro atoms. The molecule has 96 valence electrons. The fourth-order valence-corrected chi connectivity index (χ4v) is 2.95. The van der Waals surface area contributed by atoms with Crippen LogP contribution in [-0.2, 0) is 12.8 Å². The zero-order valence-electron chi connectivity index (χ0n) is 11.3. The Morgan fingerprint density at radius 2 is 2.17 bits per heavy atom. The number of rotatable bonds is 2. The van der Waals surface area contributed by atoms with E-state index >= 15 is 0 Å². The second-order valence-electron chi connectivity index (χ2n) is 5.35. The van der Waals surface area contributed by atoms with Crippen molar-refractivity contribution in [3.05, 3.63) is 29.5 Å². The molecule has 0 bridgehead atoms. The molecule has 0 amide bonds. The van der Waals surface area contributed by atoms with Gasteiger partial charge in [0.05, 0.1) is 7.11 Å². The Bertz CT molecular complexity index is 571. The van der Waals surface area contributed by atoms with E-state index < -0.39 is 0 Å². The highest BCUT2D eigenvalue weighted by molar-refractivity contribution is 5.86. The van der Waals surface area contributed by atoms with Gasteiger partial charge in [-0.1, -0.05) is 0 Å². The van der Waals surface area contributed by atoms with E-state index in [4.69, 9.17) is 4.74 Å². The lowest BCUT2D eigenvalue weighted by molar-refractivity contribution is 0.268. The van der Waals surface area contributed by atoms with Crippen molar-refractivity contribution in [2.75, 3.05) is 21.2 Å². The Hall–Kier alpha value is -1.48. The number of fused-ring (bicyclic) bond motifs is 3. The van der Waals surface area contributed by atoms with Crippen LogP contribution in [0.5, 0.6) is 5.75 Å². The van der Waals surface area contributed by atoms with Crippen LogP contribution in [0.25, 0.3) is 10.9 Å². The number of ether oxygens (including phenoxy) is 1. The van der Waals surface area contributed by atoms with Gasteiger partial charge >= 0.3 is 0 Å². The quantitative estimate of drug-likeness (QED) is 0.879. The predicted molar refractivity (Wildman–Crippen MR) is 74.4 cm³/mol. The maximum Gasteiger partial charge on any atom is 0.120 e. The molecule has 3 heteroatoms. The van der Waals surface area contributed by atoms with Crippen molar-refractivity contribution in [2.24, 2.45) is 0 Å². The van der Waals surface area contributed by atoms with Crippen LogP contribution in [-0.4, -0.2) is 37.1 Å². The third-order valence-corrected chi connectivity index (χ3v) is 4.10. The Kier molecular flexibility index (Phi) is 2.78. The molecule has 1 aliphatic carbocycles. The zero-order chi connectivity index (χ0) is 12.7. The van der Waals surface area contributed by atoms with Gasteiger partial charge < -0.3 is 14.6 Å². The predicted octanol–water partition coefficient (Wildman–Crippen LogP) is 2.60. The van der Waals surface area contributed by atoms with Crippen molar-refractivity contribution in [3.8, 4) is 5.75 Å². The molecule has 1 aromatic carbocycles. The molecule has 1 N–H and O–H groups in total. The smallest absolute Gasteiger partial charge is 0.120 e. The third kappa shape index (κ3) is 1.79. The minimum absolute atomic E-state index is 0.665. The average molecular weight is 244 g/mol. The fourth-order valence-electron chi connectivity index (χ4n) is 2.95. The number of nitrogens with one attached hydrogen (secondary N) is 1. The van der Waals surface area contributed by atoms with Crippen molar-refractivity contribution in [1.29, 1.82) is 0 Å². The lowest BCUT2D eigenvalue weighted by Crippen LogP contribution is -2.33.